The Balaban J connectivity index is 1.91. The lowest BCUT2D eigenvalue weighted by Gasteiger charge is -2.07. The third-order valence-electron chi connectivity index (χ3n) is 2.38. The van der Waals surface area contributed by atoms with Crippen molar-refractivity contribution < 1.29 is 14.3 Å². The quantitative estimate of drug-likeness (QED) is 0.757. The molecule has 1 aliphatic heterocycles. The molecule has 0 unspecified atom stereocenters. The minimum absolute atomic E-state index is 0.0794. The molecule has 2 rings (SSSR count). The van der Waals surface area contributed by atoms with E-state index in [-0.39, 0.29) is 12.1 Å². The summed E-state index contributed by atoms with van der Waals surface area (Å²) in [6, 6.07) is 0. The second kappa shape index (κ2) is 5.41. The molecule has 0 spiro atoms. The number of hydrogen-bond donors (Lipinski definition) is 0. The Hall–Kier alpha value is -0.940. The molecule has 1 aromatic rings. The van der Waals surface area contributed by atoms with Crippen LogP contribution < -0.4 is 0 Å². The van der Waals surface area contributed by atoms with E-state index >= 15 is 0 Å². The predicted octanol–water partition coefficient (Wildman–Crippen LogP) is 2.04. The van der Waals surface area contributed by atoms with Gasteiger partial charge >= 0.3 is 5.97 Å². The Morgan fingerprint density at radius 3 is 3.31 bits per heavy atom. The summed E-state index contributed by atoms with van der Waals surface area (Å²) >= 11 is 1.42. The highest BCUT2D eigenvalue weighted by Gasteiger charge is 2.21. The molecule has 0 amide bonds. The molecule has 1 aromatic heterocycles. The van der Waals surface area contributed by atoms with Crippen LogP contribution in [0.4, 0.5) is 0 Å². The minimum atomic E-state index is -0.268. The van der Waals surface area contributed by atoms with Crippen LogP contribution in [0.1, 0.15) is 34.4 Å². The third kappa shape index (κ3) is 2.80. The van der Waals surface area contributed by atoms with E-state index in [4.69, 9.17) is 9.47 Å². The van der Waals surface area contributed by atoms with Crippen LogP contribution in [0.3, 0.4) is 0 Å². The first-order valence-electron chi connectivity index (χ1n) is 5.53. The molecule has 1 atom stereocenters. The number of carbonyl (C=O) groups is 1. The maximum atomic E-state index is 11.7. The lowest BCUT2D eigenvalue weighted by molar-refractivity contribution is 0.0276. The highest BCUT2D eigenvalue weighted by atomic mass is 32.1. The fourth-order valence-electron chi connectivity index (χ4n) is 1.55. The number of aryl methyl sites for hydroxylation is 1. The molecule has 88 valence electrons. The van der Waals surface area contributed by atoms with E-state index in [1.165, 1.54) is 11.3 Å². The Morgan fingerprint density at radius 1 is 1.75 bits per heavy atom. The second-order valence-electron chi connectivity index (χ2n) is 3.76. The maximum absolute atomic E-state index is 11.7. The van der Waals surface area contributed by atoms with Gasteiger partial charge in [0.25, 0.3) is 0 Å². The van der Waals surface area contributed by atoms with Crippen LogP contribution in [0.5, 0.6) is 0 Å². The number of hydrogen-bond acceptors (Lipinski definition) is 5. The summed E-state index contributed by atoms with van der Waals surface area (Å²) in [6.07, 6.45) is 4.28. The maximum Gasteiger partial charge on any atom is 0.350 e. The van der Waals surface area contributed by atoms with Crippen molar-refractivity contribution in [3.8, 4) is 0 Å². The van der Waals surface area contributed by atoms with Gasteiger partial charge in [0.15, 0.2) is 0 Å². The monoisotopic (exact) mass is 241 g/mol. The van der Waals surface area contributed by atoms with Gasteiger partial charge in [0.1, 0.15) is 11.0 Å². The fourth-order valence-corrected chi connectivity index (χ4v) is 2.45. The summed E-state index contributed by atoms with van der Waals surface area (Å²) < 4.78 is 10.4. The summed E-state index contributed by atoms with van der Waals surface area (Å²) in [5, 5.41) is 0.997. The van der Waals surface area contributed by atoms with Crippen LogP contribution in [0, 0.1) is 0 Å². The molecule has 4 nitrogen and oxygen atoms in total. The van der Waals surface area contributed by atoms with E-state index in [9.17, 15) is 4.79 Å². The van der Waals surface area contributed by atoms with Crippen molar-refractivity contribution in [2.45, 2.75) is 32.3 Å². The van der Waals surface area contributed by atoms with Gasteiger partial charge in [-0.3, -0.25) is 0 Å². The van der Waals surface area contributed by atoms with Crippen molar-refractivity contribution in [3.05, 3.63) is 16.1 Å². The van der Waals surface area contributed by atoms with Gasteiger partial charge in [-0.15, -0.1) is 11.3 Å². The van der Waals surface area contributed by atoms with E-state index in [0.29, 0.717) is 18.1 Å². The number of nitrogens with zero attached hydrogens (tertiary/aromatic N) is 1. The molecule has 1 saturated heterocycles. The molecule has 0 saturated carbocycles. The molecule has 5 heteroatoms. The first kappa shape index (κ1) is 11.5. The Labute approximate surface area is 98.6 Å². The van der Waals surface area contributed by atoms with Crippen molar-refractivity contribution in [2.24, 2.45) is 0 Å². The standard InChI is InChI=1S/C11H15NO3S/c1-2-3-10-12-6-9(16-10)11(13)15-8-4-5-14-7-8/h6,8H,2-5,7H2,1H3/t8-/m0/s1. The Kier molecular flexibility index (Phi) is 3.90. The topological polar surface area (TPSA) is 48.4 Å². The first-order chi connectivity index (χ1) is 7.79. The predicted molar refractivity (Wildman–Crippen MR) is 60.7 cm³/mol. The molecule has 0 bridgehead atoms. The van der Waals surface area contributed by atoms with Crippen molar-refractivity contribution in [1.29, 1.82) is 0 Å². The lowest BCUT2D eigenvalue weighted by atomic mass is 10.3. The van der Waals surface area contributed by atoms with E-state index in [0.717, 1.165) is 24.3 Å². The number of ether oxygens (including phenoxy) is 2. The van der Waals surface area contributed by atoms with Crippen molar-refractivity contribution in [2.75, 3.05) is 13.2 Å². The largest absolute Gasteiger partial charge is 0.456 e. The summed E-state index contributed by atoms with van der Waals surface area (Å²) in [6.45, 7) is 3.29. The number of carbonyl (C=O) groups excluding carboxylic acids is 1. The summed E-state index contributed by atoms with van der Waals surface area (Å²) in [5.74, 6) is -0.268. The van der Waals surface area contributed by atoms with Crippen molar-refractivity contribution >= 4 is 17.3 Å². The van der Waals surface area contributed by atoms with E-state index in [1.807, 2.05) is 0 Å². The Morgan fingerprint density at radius 2 is 2.62 bits per heavy atom. The number of rotatable bonds is 4. The van der Waals surface area contributed by atoms with Crippen molar-refractivity contribution in [1.82, 2.24) is 4.98 Å². The highest BCUT2D eigenvalue weighted by molar-refractivity contribution is 7.13. The van der Waals surface area contributed by atoms with Gasteiger partial charge in [-0.05, 0) is 12.8 Å². The molecule has 1 fully saturated rings. The molecule has 2 heterocycles. The fraction of sp³-hybridized carbons (Fsp3) is 0.636. The number of thiazole rings is 1. The first-order valence-corrected chi connectivity index (χ1v) is 6.34. The molecular formula is C11H15NO3S. The minimum Gasteiger partial charge on any atom is -0.456 e. The van der Waals surface area contributed by atoms with Crippen LogP contribution in [-0.4, -0.2) is 30.3 Å². The van der Waals surface area contributed by atoms with Crippen LogP contribution >= 0.6 is 11.3 Å². The average Bonchev–Trinajstić information content (AvgIpc) is 2.89. The number of aromatic nitrogens is 1. The Bertz CT molecular complexity index is 358. The molecule has 1 aliphatic rings. The number of esters is 1. The van der Waals surface area contributed by atoms with Gasteiger partial charge in [0, 0.05) is 6.42 Å². The van der Waals surface area contributed by atoms with Gasteiger partial charge in [0.05, 0.1) is 24.4 Å². The van der Waals surface area contributed by atoms with Crippen molar-refractivity contribution in [3.63, 3.8) is 0 Å². The zero-order valence-electron chi connectivity index (χ0n) is 9.27. The molecule has 0 N–H and O–H groups in total. The molecule has 0 aliphatic carbocycles. The van der Waals surface area contributed by atoms with Gasteiger partial charge < -0.3 is 9.47 Å². The average molecular weight is 241 g/mol. The normalized spacial score (nSPS) is 19.9. The molecule has 0 aromatic carbocycles. The van der Waals surface area contributed by atoms with Gasteiger partial charge in [-0.2, -0.15) is 0 Å². The van der Waals surface area contributed by atoms with Crippen LogP contribution in [-0.2, 0) is 15.9 Å². The van der Waals surface area contributed by atoms with E-state index in [2.05, 4.69) is 11.9 Å². The lowest BCUT2D eigenvalue weighted by Crippen LogP contribution is -2.17. The summed E-state index contributed by atoms with van der Waals surface area (Å²) in [7, 11) is 0. The van der Waals surface area contributed by atoms with Crippen LogP contribution in [0.25, 0.3) is 0 Å². The SMILES string of the molecule is CCCc1ncc(C(=O)O[C@H]2CCOC2)s1. The van der Waals surface area contributed by atoms with E-state index in [1.54, 1.807) is 6.20 Å². The van der Waals surface area contributed by atoms with Crippen LogP contribution in [0.2, 0.25) is 0 Å². The molecule has 0 radical (unpaired) electrons. The zero-order valence-corrected chi connectivity index (χ0v) is 10.1. The van der Waals surface area contributed by atoms with E-state index < -0.39 is 0 Å². The van der Waals surface area contributed by atoms with Gasteiger partial charge in [-0.1, -0.05) is 6.92 Å². The molecule has 16 heavy (non-hydrogen) atoms. The second-order valence-corrected chi connectivity index (χ2v) is 4.87. The summed E-state index contributed by atoms with van der Waals surface area (Å²) in [4.78, 5) is 16.5. The molecular weight excluding hydrogens is 226 g/mol. The van der Waals surface area contributed by atoms with Crippen LogP contribution in [0.15, 0.2) is 6.20 Å². The van der Waals surface area contributed by atoms with Gasteiger partial charge in [-0.25, -0.2) is 9.78 Å². The highest BCUT2D eigenvalue weighted by Crippen LogP contribution is 2.18. The van der Waals surface area contributed by atoms with Gasteiger partial charge in [0.2, 0.25) is 0 Å². The smallest absolute Gasteiger partial charge is 0.350 e. The zero-order chi connectivity index (χ0) is 11.4. The summed E-state index contributed by atoms with van der Waals surface area (Å²) in [5.41, 5.74) is 0. The third-order valence-corrected chi connectivity index (χ3v) is 3.42.